The van der Waals surface area contributed by atoms with Gasteiger partial charge in [0, 0.05) is 0 Å². The van der Waals surface area contributed by atoms with Gasteiger partial charge < -0.3 is 12.3 Å². The number of nitrogens with two attached hydrogens (primary N) is 1. The van der Waals surface area contributed by atoms with Crippen LogP contribution < -0.4 is 57.1 Å². The second-order valence-corrected chi connectivity index (χ2v) is 3.67. The molecule has 0 aliphatic carbocycles. The Morgan fingerprint density at radius 2 is 2.00 bits per heavy atom. The standard InChI is InChI=1S/C8H8N4O2S.K.H/c9-1-2-15-6(4-11)5(3-10)7(12)8(13)14;;/h5-7H,2,12H2,(H,13,14);;/q;+1;-1. The van der Waals surface area contributed by atoms with Crippen LogP contribution in [0.3, 0.4) is 0 Å². The first kappa shape index (κ1) is 18.3. The van der Waals surface area contributed by atoms with Gasteiger partial charge in [-0.15, -0.1) is 11.8 Å². The number of hydrogen-bond acceptors (Lipinski definition) is 6. The van der Waals surface area contributed by atoms with Crippen molar-refractivity contribution in [1.29, 1.82) is 15.8 Å². The predicted molar refractivity (Wildman–Crippen MR) is 53.3 cm³/mol. The molecule has 0 heterocycles. The van der Waals surface area contributed by atoms with Crippen molar-refractivity contribution in [3.8, 4) is 18.2 Å². The van der Waals surface area contributed by atoms with Crippen LogP contribution in [0.2, 0.25) is 0 Å². The van der Waals surface area contributed by atoms with Crippen LogP contribution in [0.5, 0.6) is 0 Å². The SMILES string of the molecule is N#CCSC(C#N)C(C#N)C(N)C(=O)O.[H-].[K+]. The second kappa shape index (κ2) is 10.1. The zero-order chi connectivity index (χ0) is 11.8. The number of nitrogens with zero attached hydrogens (tertiary/aromatic N) is 3. The van der Waals surface area contributed by atoms with Crippen LogP contribution in [0, 0.1) is 39.9 Å². The summed E-state index contributed by atoms with van der Waals surface area (Å²) in [4.78, 5) is 10.5. The maximum absolute atomic E-state index is 10.5. The molecule has 3 atom stereocenters. The van der Waals surface area contributed by atoms with Crippen molar-refractivity contribution in [2.24, 2.45) is 11.7 Å². The van der Waals surface area contributed by atoms with Gasteiger partial charge in [-0.25, -0.2) is 0 Å². The molecule has 0 amide bonds. The number of aliphatic carboxylic acids is 1. The molecule has 0 bridgehead atoms. The molecule has 80 valence electrons. The van der Waals surface area contributed by atoms with Gasteiger partial charge in [0.1, 0.15) is 11.3 Å². The monoisotopic (exact) mass is 264 g/mol. The Bertz CT molecular complexity index is 362. The van der Waals surface area contributed by atoms with Crippen LogP contribution in [0.15, 0.2) is 0 Å². The molecule has 0 aliphatic rings. The van der Waals surface area contributed by atoms with Crippen molar-refractivity contribution in [3.05, 3.63) is 0 Å². The number of rotatable bonds is 5. The summed E-state index contributed by atoms with van der Waals surface area (Å²) in [6, 6.07) is 3.84. The van der Waals surface area contributed by atoms with Crippen LogP contribution in [0.25, 0.3) is 0 Å². The topological polar surface area (TPSA) is 135 Å². The third kappa shape index (κ3) is 5.83. The van der Waals surface area contributed by atoms with Crippen molar-refractivity contribution in [2.45, 2.75) is 11.3 Å². The number of carboxylic acids is 1. The van der Waals surface area contributed by atoms with Gasteiger partial charge in [0.05, 0.1) is 29.9 Å². The molecule has 16 heavy (non-hydrogen) atoms. The molecule has 0 spiro atoms. The van der Waals surface area contributed by atoms with Gasteiger partial charge >= 0.3 is 57.4 Å². The van der Waals surface area contributed by atoms with E-state index in [2.05, 4.69) is 0 Å². The minimum Gasteiger partial charge on any atom is -1.00 e. The second-order valence-electron chi connectivity index (χ2n) is 2.54. The summed E-state index contributed by atoms with van der Waals surface area (Å²) in [6.07, 6.45) is 0. The molecule has 0 saturated carbocycles. The fourth-order valence-electron chi connectivity index (χ4n) is 0.838. The number of thioether (sulfide) groups is 1. The third-order valence-electron chi connectivity index (χ3n) is 1.60. The number of carbonyl (C=O) groups is 1. The van der Waals surface area contributed by atoms with Crippen LogP contribution >= 0.6 is 11.8 Å². The molecule has 0 rings (SSSR count). The predicted octanol–water partition coefficient (Wildman–Crippen LogP) is -3.20. The molecular formula is C8H9KN4O2S. The van der Waals surface area contributed by atoms with E-state index in [-0.39, 0.29) is 58.6 Å². The molecule has 0 aromatic heterocycles. The minimum absolute atomic E-state index is 0. The minimum atomic E-state index is -1.41. The maximum atomic E-state index is 10.5. The Balaban J connectivity index is -0.000000980. The molecule has 0 radical (unpaired) electrons. The molecule has 8 heteroatoms. The van der Waals surface area contributed by atoms with Crippen LogP contribution in [-0.2, 0) is 4.79 Å². The molecule has 0 aliphatic heterocycles. The van der Waals surface area contributed by atoms with Gasteiger partial charge in [-0.3, -0.25) is 4.79 Å². The van der Waals surface area contributed by atoms with Gasteiger partial charge in [-0.1, -0.05) is 0 Å². The van der Waals surface area contributed by atoms with Crippen LogP contribution in [-0.4, -0.2) is 28.1 Å². The molecule has 6 nitrogen and oxygen atoms in total. The molecule has 3 unspecified atom stereocenters. The van der Waals surface area contributed by atoms with E-state index in [4.69, 9.17) is 26.6 Å². The van der Waals surface area contributed by atoms with Crippen molar-refractivity contribution in [3.63, 3.8) is 0 Å². The molecule has 3 N–H and O–H groups in total. The van der Waals surface area contributed by atoms with Crippen LogP contribution in [0.4, 0.5) is 0 Å². The van der Waals surface area contributed by atoms with E-state index in [1.165, 1.54) is 0 Å². The summed E-state index contributed by atoms with van der Waals surface area (Å²) < 4.78 is 0. The number of nitriles is 3. The first-order chi connectivity index (χ1) is 7.08. The van der Waals surface area contributed by atoms with Crippen molar-refractivity contribution in [1.82, 2.24) is 0 Å². The van der Waals surface area contributed by atoms with E-state index in [1.54, 1.807) is 18.2 Å². The van der Waals surface area contributed by atoms with E-state index in [9.17, 15) is 4.79 Å². The Labute approximate surface area is 141 Å². The van der Waals surface area contributed by atoms with Crippen molar-refractivity contribution < 1.29 is 62.7 Å². The Morgan fingerprint density at radius 3 is 2.31 bits per heavy atom. The summed E-state index contributed by atoms with van der Waals surface area (Å²) in [7, 11) is 0. The summed E-state index contributed by atoms with van der Waals surface area (Å²) in [6.45, 7) is 0. The zero-order valence-electron chi connectivity index (χ0n) is 9.62. The van der Waals surface area contributed by atoms with E-state index in [0.29, 0.717) is 0 Å². The maximum Gasteiger partial charge on any atom is 1.00 e. The average Bonchev–Trinajstić information content (AvgIpc) is 2.23. The van der Waals surface area contributed by atoms with E-state index >= 15 is 0 Å². The van der Waals surface area contributed by atoms with Gasteiger partial charge in [0.15, 0.2) is 0 Å². The largest absolute Gasteiger partial charge is 1.00 e. The van der Waals surface area contributed by atoms with E-state index in [1.807, 2.05) is 0 Å². The van der Waals surface area contributed by atoms with E-state index in [0.717, 1.165) is 11.8 Å². The van der Waals surface area contributed by atoms with Crippen molar-refractivity contribution in [2.75, 3.05) is 5.75 Å². The Hall–Kier alpha value is -0.114. The van der Waals surface area contributed by atoms with Crippen molar-refractivity contribution >= 4 is 17.7 Å². The summed E-state index contributed by atoms with van der Waals surface area (Å²) in [5.41, 5.74) is 5.25. The summed E-state index contributed by atoms with van der Waals surface area (Å²) in [5.74, 6) is -2.44. The number of hydrogen-bond donors (Lipinski definition) is 2. The smallest absolute Gasteiger partial charge is 1.00 e. The van der Waals surface area contributed by atoms with Gasteiger partial charge in [0.25, 0.3) is 0 Å². The fourth-order valence-corrected chi connectivity index (χ4v) is 1.60. The van der Waals surface area contributed by atoms with Crippen LogP contribution in [0.1, 0.15) is 1.43 Å². The van der Waals surface area contributed by atoms with Gasteiger partial charge in [-0.2, -0.15) is 15.8 Å². The Kier molecular flexibility index (Phi) is 11.5. The quantitative estimate of drug-likeness (QED) is 0.499. The first-order valence-corrected chi connectivity index (χ1v) is 4.89. The van der Waals surface area contributed by atoms with Gasteiger partial charge in [0.2, 0.25) is 0 Å². The third-order valence-corrected chi connectivity index (χ3v) is 2.66. The summed E-state index contributed by atoms with van der Waals surface area (Å²) >= 11 is 0.912. The average molecular weight is 264 g/mol. The molecule has 0 aromatic carbocycles. The molecule has 0 fully saturated rings. The molecule has 0 saturated heterocycles. The molecule has 0 aromatic rings. The van der Waals surface area contributed by atoms with Gasteiger partial charge in [-0.05, 0) is 0 Å². The number of carboxylic acid groups (broad SMARTS) is 1. The summed E-state index contributed by atoms with van der Waals surface area (Å²) in [5, 5.41) is 33.4. The fraction of sp³-hybridized carbons (Fsp3) is 0.500. The van der Waals surface area contributed by atoms with E-state index < -0.39 is 23.2 Å². The Morgan fingerprint density at radius 1 is 1.44 bits per heavy atom. The first-order valence-electron chi connectivity index (χ1n) is 3.84. The molecular weight excluding hydrogens is 255 g/mol. The zero-order valence-corrected chi connectivity index (χ0v) is 12.6. The normalized spacial score (nSPS) is 14.1.